The predicted molar refractivity (Wildman–Crippen MR) is 59.1 cm³/mol. The van der Waals surface area contributed by atoms with Crippen LogP contribution in [0, 0.1) is 0 Å². The third-order valence-corrected chi connectivity index (χ3v) is 2.17. The van der Waals surface area contributed by atoms with Gasteiger partial charge in [-0.3, -0.25) is 4.79 Å². The van der Waals surface area contributed by atoms with Gasteiger partial charge < -0.3 is 9.72 Å². The molecule has 0 atom stereocenters. The lowest BCUT2D eigenvalue weighted by Crippen LogP contribution is -2.03. The van der Waals surface area contributed by atoms with Gasteiger partial charge in [-0.15, -0.1) is 0 Å². The second-order valence-corrected chi connectivity index (χ2v) is 3.16. The van der Waals surface area contributed by atoms with Crippen LogP contribution in [0.15, 0.2) is 47.3 Å². The van der Waals surface area contributed by atoms with E-state index in [2.05, 4.69) is 4.98 Å². The molecule has 0 bridgehead atoms. The fourth-order valence-corrected chi connectivity index (χ4v) is 1.39. The molecule has 1 heterocycles. The molecule has 3 nitrogen and oxygen atoms in total. The van der Waals surface area contributed by atoms with Crippen molar-refractivity contribution in [3.8, 4) is 17.0 Å². The van der Waals surface area contributed by atoms with E-state index in [4.69, 9.17) is 4.74 Å². The van der Waals surface area contributed by atoms with E-state index in [-0.39, 0.29) is 5.56 Å². The summed E-state index contributed by atoms with van der Waals surface area (Å²) in [6.07, 6.45) is 0. The fourth-order valence-electron chi connectivity index (χ4n) is 1.39. The summed E-state index contributed by atoms with van der Waals surface area (Å²) >= 11 is 0. The maximum absolute atomic E-state index is 11.1. The monoisotopic (exact) mass is 201 g/mol. The molecule has 3 heteroatoms. The van der Waals surface area contributed by atoms with Crippen molar-refractivity contribution in [2.24, 2.45) is 0 Å². The van der Waals surface area contributed by atoms with Gasteiger partial charge >= 0.3 is 0 Å². The van der Waals surface area contributed by atoms with Crippen LogP contribution in [0.3, 0.4) is 0 Å². The van der Waals surface area contributed by atoms with Gasteiger partial charge in [0.2, 0.25) is 5.56 Å². The second-order valence-electron chi connectivity index (χ2n) is 3.16. The minimum absolute atomic E-state index is 0.0941. The summed E-state index contributed by atoms with van der Waals surface area (Å²) in [5.74, 6) is 0.803. The van der Waals surface area contributed by atoms with E-state index in [0.717, 1.165) is 17.0 Å². The van der Waals surface area contributed by atoms with Crippen LogP contribution in [0.2, 0.25) is 0 Å². The van der Waals surface area contributed by atoms with E-state index >= 15 is 0 Å². The molecule has 2 aromatic rings. The molecule has 1 aromatic carbocycles. The normalized spacial score (nSPS) is 9.93. The molecule has 0 amide bonds. The summed E-state index contributed by atoms with van der Waals surface area (Å²) in [6, 6.07) is 12.6. The third kappa shape index (κ3) is 2.07. The van der Waals surface area contributed by atoms with Gasteiger partial charge in [0, 0.05) is 11.8 Å². The van der Waals surface area contributed by atoms with Crippen LogP contribution in [0.1, 0.15) is 0 Å². The maximum atomic E-state index is 11.1. The molecule has 0 fully saturated rings. The van der Waals surface area contributed by atoms with Gasteiger partial charge in [-0.05, 0) is 35.9 Å². The summed E-state index contributed by atoms with van der Waals surface area (Å²) in [6.45, 7) is 0. The van der Waals surface area contributed by atoms with E-state index in [1.807, 2.05) is 30.3 Å². The molecule has 0 aliphatic carbocycles. The van der Waals surface area contributed by atoms with Gasteiger partial charge in [0.25, 0.3) is 0 Å². The highest BCUT2D eigenvalue weighted by atomic mass is 16.5. The number of ether oxygens (including phenoxy) is 1. The summed E-state index contributed by atoms with van der Waals surface area (Å²) < 4.78 is 5.06. The van der Waals surface area contributed by atoms with Crippen molar-refractivity contribution in [2.75, 3.05) is 7.11 Å². The highest BCUT2D eigenvalue weighted by Gasteiger charge is 1.98. The lowest BCUT2D eigenvalue weighted by Gasteiger charge is -2.02. The zero-order valence-corrected chi connectivity index (χ0v) is 8.36. The first-order valence-corrected chi connectivity index (χ1v) is 4.63. The first-order valence-electron chi connectivity index (χ1n) is 4.63. The Morgan fingerprint density at radius 3 is 2.40 bits per heavy atom. The van der Waals surface area contributed by atoms with Gasteiger partial charge in [-0.2, -0.15) is 0 Å². The number of pyridine rings is 1. The maximum Gasteiger partial charge on any atom is 0.248 e. The summed E-state index contributed by atoms with van der Waals surface area (Å²) in [5.41, 5.74) is 1.68. The molecule has 0 saturated heterocycles. The molecule has 0 aliphatic heterocycles. The van der Waals surface area contributed by atoms with Gasteiger partial charge in [-0.25, -0.2) is 0 Å². The molecule has 1 aromatic heterocycles. The van der Waals surface area contributed by atoms with Crippen LogP contribution in [-0.4, -0.2) is 12.1 Å². The molecular formula is C12H11NO2. The molecular weight excluding hydrogens is 190 g/mol. The Hall–Kier alpha value is -2.03. The van der Waals surface area contributed by atoms with E-state index < -0.39 is 0 Å². The van der Waals surface area contributed by atoms with E-state index in [1.165, 1.54) is 6.07 Å². The zero-order chi connectivity index (χ0) is 10.7. The summed E-state index contributed by atoms with van der Waals surface area (Å²) in [5, 5.41) is 0. The van der Waals surface area contributed by atoms with Crippen LogP contribution in [0.25, 0.3) is 11.3 Å². The topological polar surface area (TPSA) is 42.1 Å². The molecule has 0 saturated carbocycles. The number of aromatic nitrogens is 1. The number of hydrogen-bond acceptors (Lipinski definition) is 2. The number of benzene rings is 1. The van der Waals surface area contributed by atoms with Crippen LogP contribution < -0.4 is 10.3 Å². The van der Waals surface area contributed by atoms with Crippen molar-refractivity contribution in [2.45, 2.75) is 0 Å². The Morgan fingerprint density at radius 1 is 1.07 bits per heavy atom. The lowest BCUT2D eigenvalue weighted by molar-refractivity contribution is 0.415. The minimum atomic E-state index is -0.0941. The molecule has 0 spiro atoms. The van der Waals surface area contributed by atoms with Crippen molar-refractivity contribution in [1.29, 1.82) is 0 Å². The quantitative estimate of drug-likeness (QED) is 0.808. The Balaban J connectivity index is 2.41. The Morgan fingerprint density at radius 2 is 1.80 bits per heavy atom. The smallest absolute Gasteiger partial charge is 0.248 e. The zero-order valence-electron chi connectivity index (χ0n) is 8.36. The van der Waals surface area contributed by atoms with Gasteiger partial charge in [0.15, 0.2) is 0 Å². The van der Waals surface area contributed by atoms with E-state index in [9.17, 15) is 4.79 Å². The first kappa shape index (κ1) is 9.52. The molecule has 0 aliphatic rings. The average molecular weight is 201 g/mol. The van der Waals surface area contributed by atoms with E-state index in [0.29, 0.717) is 0 Å². The molecule has 0 unspecified atom stereocenters. The highest BCUT2D eigenvalue weighted by molar-refractivity contribution is 5.59. The van der Waals surface area contributed by atoms with Gasteiger partial charge in [0.05, 0.1) is 7.11 Å². The summed E-state index contributed by atoms with van der Waals surface area (Å²) in [4.78, 5) is 13.9. The Labute approximate surface area is 87.3 Å². The predicted octanol–water partition coefficient (Wildman–Crippen LogP) is 2.05. The van der Waals surface area contributed by atoms with Crippen molar-refractivity contribution in [3.05, 3.63) is 52.8 Å². The number of hydrogen-bond donors (Lipinski definition) is 1. The van der Waals surface area contributed by atoms with Crippen LogP contribution in [0.5, 0.6) is 5.75 Å². The Kier molecular flexibility index (Phi) is 2.54. The first-order chi connectivity index (χ1) is 7.29. The molecule has 0 radical (unpaired) electrons. The molecule has 2 rings (SSSR count). The highest BCUT2D eigenvalue weighted by Crippen LogP contribution is 2.19. The average Bonchev–Trinajstić information content (AvgIpc) is 2.29. The minimum Gasteiger partial charge on any atom is -0.497 e. The standard InChI is InChI=1S/C12H11NO2/c1-15-10-7-5-9(6-8-10)11-3-2-4-12(14)13-11/h2-8H,1H3,(H,13,14). The molecule has 1 N–H and O–H groups in total. The SMILES string of the molecule is COc1ccc(-c2cccc(=O)[nH]2)cc1. The van der Waals surface area contributed by atoms with Crippen LogP contribution >= 0.6 is 0 Å². The Bertz CT molecular complexity index is 500. The van der Waals surface area contributed by atoms with Crippen LogP contribution in [-0.2, 0) is 0 Å². The number of nitrogens with one attached hydrogen (secondary N) is 1. The molecule has 76 valence electrons. The molecule has 15 heavy (non-hydrogen) atoms. The van der Waals surface area contributed by atoms with Gasteiger partial charge in [-0.1, -0.05) is 6.07 Å². The van der Waals surface area contributed by atoms with Gasteiger partial charge in [0.1, 0.15) is 5.75 Å². The van der Waals surface area contributed by atoms with Crippen LogP contribution in [0.4, 0.5) is 0 Å². The van der Waals surface area contributed by atoms with Crippen molar-refractivity contribution in [1.82, 2.24) is 4.98 Å². The van der Waals surface area contributed by atoms with Crippen molar-refractivity contribution in [3.63, 3.8) is 0 Å². The lowest BCUT2D eigenvalue weighted by atomic mass is 10.1. The van der Waals surface area contributed by atoms with Crippen molar-refractivity contribution >= 4 is 0 Å². The van der Waals surface area contributed by atoms with E-state index in [1.54, 1.807) is 13.2 Å². The number of methoxy groups -OCH3 is 1. The van der Waals surface area contributed by atoms with Crippen molar-refractivity contribution < 1.29 is 4.74 Å². The largest absolute Gasteiger partial charge is 0.497 e. The summed E-state index contributed by atoms with van der Waals surface area (Å²) in [7, 11) is 1.62. The number of rotatable bonds is 2. The number of aromatic amines is 1. The fraction of sp³-hybridized carbons (Fsp3) is 0.0833. The third-order valence-electron chi connectivity index (χ3n) is 2.17. The number of H-pyrrole nitrogens is 1. The second kappa shape index (κ2) is 4.00.